The van der Waals surface area contributed by atoms with E-state index in [0.29, 0.717) is 44.1 Å². The summed E-state index contributed by atoms with van der Waals surface area (Å²) in [5.41, 5.74) is 0.225. The van der Waals surface area contributed by atoms with Gasteiger partial charge < -0.3 is 48.9 Å². The Balaban J connectivity index is 1.39. The molecule has 15 heteroatoms. The molecule has 0 unspecified atom stereocenters. The number of carbonyl (C=O) groups is 2. The first kappa shape index (κ1) is 38.6. The summed E-state index contributed by atoms with van der Waals surface area (Å²) in [6.07, 6.45) is -0.284. The topological polar surface area (TPSA) is 176 Å². The van der Waals surface area contributed by atoms with Crippen molar-refractivity contribution in [3.8, 4) is 11.5 Å². The van der Waals surface area contributed by atoms with Crippen LogP contribution in [0.3, 0.4) is 0 Å². The summed E-state index contributed by atoms with van der Waals surface area (Å²) in [6, 6.07) is 11.9. The number of benzene rings is 2. The minimum Gasteiger partial charge on any atom is -0.530 e. The minimum absolute atomic E-state index is 0.0262. The molecule has 0 aliphatic carbocycles. The molecule has 3 heterocycles. The lowest BCUT2D eigenvalue weighted by Crippen LogP contribution is -2.61. The van der Waals surface area contributed by atoms with Gasteiger partial charge in [0, 0.05) is 31.6 Å². The normalized spacial score (nSPS) is 20.9. The van der Waals surface area contributed by atoms with Crippen molar-refractivity contribution in [1.29, 1.82) is 0 Å². The van der Waals surface area contributed by atoms with E-state index in [4.69, 9.17) is 23.7 Å². The third kappa shape index (κ3) is 9.83. The molecule has 51 heavy (non-hydrogen) atoms. The van der Waals surface area contributed by atoms with Gasteiger partial charge in [-0.25, -0.2) is 13.2 Å². The van der Waals surface area contributed by atoms with E-state index in [0.717, 1.165) is 29.7 Å². The van der Waals surface area contributed by atoms with Crippen LogP contribution in [0, 0.1) is 11.3 Å². The summed E-state index contributed by atoms with van der Waals surface area (Å²) in [7, 11) is -4.24. The van der Waals surface area contributed by atoms with Gasteiger partial charge in [-0.05, 0) is 55.7 Å². The van der Waals surface area contributed by atoms with Gasteiger partial charge >= 0.3 is 6.09 Å². The Labute approximate surface area is 300 Å². The maximum Gasteiger partial charge on any atom is 0.407 e. The summed E-state index contributed by atoms with van der Waals surface area (Å²) in [5, 5.41) is 27.7. The molecule has 0 aromatic heterocycles. The third-order valence-electron chi connectivity index (χ3n) is 9.72. The van der Waals surface area contributed by atoms with Crippen LogP contribution in [0.4, 0.5) is 9.59 Å². The van der Waals surface area contributed by atoms with Crippen molar-refractivity contribution in [1.82, 2.24) is 14.5 Å². The average Bonchev–Trinajstić information content (AvgIpc) is 3.85. The first-order valence-electron chi connectivity index (χ1n) is 17.6. The molecule has 3 aliphatic heterocycles. The van der Waals surface area contributed by atoms with E-state index in [-0.39, 0.29) is 43.7 Å². The number of nitrogens with zero attached hydrogens (tertiary/aromatic N) is 2. The summed E-state index contributed by atoms with van der Waals surface area (Å²) in [5.74, 6) is 0.485. The Hall–Kier alpha value is -3.63. The molecule has 0 saturated carbocycles. The monoisotopic (exact) mass is 732 g/mol. The quantitative estimate of drug-likeness (QED) is 0.216. The van der Waals surface area contributed by atoms with E-state index in [1.807, 2.05) is 44.2 Å². The predicted octanol–water partition coefficient (Wildman–Crippen LogP) is 3.12. The molecule has 2 amide bonds. The second kappa shape index (κ2) is 17.3. The standard InChI is InChI=1S/C36H51N3O11S/c1-4-46-34(41)37-17-10-6-9-16-36(2,3)23-38(51(44,45)26-13-14-31-32(20-26)50-24-49-31)21-30(40)28(19-25-11-7-5-8-12-25)39(35(42)43)29-22-48-33-27(29)15-18-47-33/h5,7-8,11-14,20,27-30,33,40H,4,6,9-10,15-19,21-24H2,1-3H3,(H,37,41)(H,42,43)/p-1/t27-,28-,29-,30+,33+/m0/s1. The summed E-state index contributed by atoms with van der Waals surface area (Å²) < 4.78 is 57.4. The zero-order valence-electron chi connectivity index (χ0n) is 29.5. The number of carboxylic acid groups (broad SMARTS) is 1. The molecule has 2 aromatic rings. The Morgan fingerprint density at radius 1 is 1.08 bits per heavy atom. The van der Waals surface area contributed by atoms with Crippen LogP contribution in [-0.2, 0) is 30.7 Å². The molecule has 2 saturated heterocycles. The summed E-state index contributed by atoms with van der Waals surface area (Å²) in [6.45, 7) is 6.55. The highest BCUT2D eigenvalue weighted by atomic mass is 32.2. The minimum atomic E-state index is -4.24. The zero-order valence-corrected chi connectivity index (χ0v) is 30.3. The number of aliphatic hydroxyl groups excluding tert-OH is 1. The number of rotatable bonds is 18. The van der Waals surface area contributed by atoms with Crippen LogP contribution in [0.5, 0.6) is 11.5 Å². The Kier molecular flexibility index (Phi) is 13.1. The van der Waals surface area contributed by atoms with Crippen molar-refractivity contribution >= 4 is 22.2 Å². The number of unbranched alkanes of at least 4 members (excludes halogenated alkanes) is 2. The van der Waals surface area contributed by atoms with Crippen LogP contribution in [0.1, 0.15) is 58.4 Å². The zero-order chi connectivity index (χ0) is 36.6. The van der Waals surface area contributed by atoms with Crippen LogP contribution in [-0.4, -0.2) is 106 Å². The maximum absolute atomic E-state index is 14.5. The highest BCUT2D eigenvalue weighted by Crippen LogP contribution is 2.38. The maximum atomic E-state index is 14.5. The number of sulfonamides is 1. The number of carbonyl (C=O) groups excluding carboxylic acids is 2. The molecule has 5 rings (SSSR count). The summed E-state index contributed by atoms with van der Waals surface area (Å²) in [4.78, 5) is 25.6. The molecule has 0 radical (unpaired) electrons. The average molecular weight is 733 g/mol. The van der Waals surface area contributed by atoms with E-state index in [1.54, 1.807) is 6.92 Å². The van der Waals surface area contributed by atoms with Gasteiger partial charge in [0.25, 0.3) is 0 Å². The number of alkyl carbamates (subject to hydrolysis) is 1. The van der Waals surface area contributed by atoms with E-state index in [9.17, 15) is 28.2 Å². The number of hydrogen-bond acceptors (Lipinski definition) is 11. The number of hydrogen-bond donors (Lipinski definition) is 2. The van der Waals surface area contributed by atoms with Gasteiger partial charge in [0.15, 0.2) is 17.8 Å². The van der Waals surface area contributed by atoms with E-state index in [1.165, 1.54) is 22.5 Å². The lowest BCUT2D eigenvalue weighted by Gasteiger charge is -2.43. The fraction of sp³-hybridized carbons (Fsp3) is 0.611. The van der Waals surface area contributed by atoms with Crippen LogP contribution in [0.15, 0.2) is 53.4 Å². The fourth-order valence-corrected chi connectivity index (χ4v) is 8.78. The number of amides is 2. The molecule has 2 N–H and O–H groups in total. The number of ether oxygens (including phenoxy) is 5. The first-order chi connectivity index (χ1) is 24.4. The fourth-order valence-electron chi connectivity index (χ4n) is 7.12. The van der Waals surface area contributed by atoms with Gasteiger partial charge in [-0.2, -0.15) is 4.31 Å². The van der Waals surface area contributed by atoms with Gasteiger partial charge in [-0.1, -0.05) is 57.0 Å². The van der Waals surface area contributed by atoms with Gasteiger partial charge in [-0.15, -0.1) is 0 Å². The SMILES string of the molecule is CCOC(=O)NCCCCCC(C)(C)CN(C[C@@H](O)[C@H](Cc1ccccc1)N(C(=O)[O-])[C@H]1CO[C@H]2OCC[C@H]21)S(=O)(=O)c1ccc2c(c1)OCO2. The van der Waals surface area contributed by atoms with Crippen molar-refractivity contribution in [3.63, 3.8) is 0 Å². The molecular weight excluding hydrogens is 682 g/mol. The second-order valence-corrected chi connectivity index (χ2v) is 16.0. The number of fused-ring (bicyclic) bond motifs is 2. The van der Waals surface area contributed by atoms with Crippen LogP contribution in [0.25, 0.3) is 0 Å². The van der Waals surface area contributed by atoms with Gasteiger partial charge in [0.1, 0.15) is 6.09 Å². The largest absolute Gasteiger partial charge is 0.530 e. The molecule has 0 spiro atoms. The molecular formula is C36H50N3O11S-. The van der Waals surface area contributed by atoms with E-state index in [2.05, 4.69) is 5.32 Å². The highest BCUT2D eigenvalue weighted by molar-refractivity contribution is 7.89. The molecule has 5 atom stereocenters. The molecule has 282 valence electrons. The van der Waals surface area contributed by atoms with Crippen LogP contribution >= 0.6 is 0 Å². The lowest BCUT2D eigenvalue weighted by molar-refractivity contribution is -0.273. The van der Waals surface area contributed by atoms with Gasteiger partial charge in [-0.3, -0.25) is 0 Å². The van der Waals surface area contributed by atoms with Crippen molar-refractivity contribution in [3.05, 3.63) is 54.1 Å². The predicted molar refractivity (Wildman–Crippen MR) is 183 cm³/mol. The first-order valence-corrected chi connectivity index (χ1v) is 19.1. The van der Waals surface area contributed by atoms with Crippen molar-refractivity contribution in [2.75, 3.05) is 46.2 Å². The van der Waals surface area contributed by atoms with Crippen LogP contribution in [0.2, 0.25) is 0 Å². The summed E-state index contributed by atoms with van der Waals surface area (Å²) >= 11 is 0. The van der Waals surface area contributed by atoms with Gasteiger partial charge in [0.05, 0.1) is 42.9 Å². The molecule has 2 fully saturated rings. The van der Waals surface area contributed by atoms with E-state index >= 15 is 0 Å². The van der Waals surface area contributed by atoms with Crippen molar-refractivity contribution < 1.29 is 51.9 Å². The number of aliphatic hydroxyl groups is 1. The van der Waals surface area contributed by atoms with E-state index < -0.39 is 52.1 Å². The lowest BCUT2D eigenvalue weighted by atomic mass is 9.86. The Bertz CT molecular complexity index is 1580. The smallest absolute Gasteiger partial charge is 0.407 e. The highest BCUT2D eigenvalue weighted by Gasteiger charge is 2.47. The molecule has 14 nitrogen and oxygen atoms in total. The third-order valence-corrected chi connectivity index (χ3v) is 11.5. The molecule has 3 aliphatic rings. The van der Waals surface area contributed by atoms with Crippen LogP contribution < -0.4 is 19.9 Å². The Morgan fingerprint density at radius 2 is 1.84 bits per heavy atom. The molecule has 0 bridgehead atoms. The van der Waals surface area contributed by atoms with Crippen molar-refractivity contribution in [2.45, 2.75) is 88.7 Å². The Morgan fingerprint density at radius 3 is 2.59 bits per heavy atom. The van der Waals surface area contributed by atoms with Gasteiger partial charge in [0.2, 0.25) is 16.8 Å². The number of nitrogens with one attached hydrogen (secondary N) is 1. The molecule has 2 aromatic carbocycles. The van der Waals surface area contributed by atoms with Crippen molar-refractivity contribution in [2.24, 2.45) is 11.3 Å². The second-order valence-electron chi connectivity index (χ2n) is 14.0.